The largest absolute Gasteiger partial charge is 0.496 e. The Bertz CT molecular complexity index is 814. The molecule has 0 radical (unpaired) electrons. The van der Waals surface area contributed by atoms with Crippen molar-refractivity contribution in [3.63, 3.8) is 0 Å². The van der Waals surface area contributed by atoms with Crippen LogP contribution in [0.15, 0.2) is 47.4 Å². The number of benzene rings is 2. The van der Waals surface area contributed by atoms with Crippen molar-refractivity contribution in [3.05, 3.63) is 53.6 Å². The van der Waals surface area contributed by atoms with Gasteiger partial charge in [0.25, 0.3) is 10.0 Å². The number of carbonyl (C=O) groups is 1. The maximum absolute atomic E-state index is 12.4. The van der Waals surface area contributed by atoms with E-state index in [1.54, 1.807) is 31.2 Å². The van der Waals surface area contributed by atoms with Crippen LogP contribution in [-0.2, 0) is 10.0 Å². The molecular weight excluding hydrogens is 306 g/mol. The molecule has 0 aromatic heterocycles. The SMILES string of the molecule is COc1ccc(S(=O)(=O)Nc2ccccc2C)cc1C(=O)O. The summed E-state index contributed by atoms with van der Waals surface area (Å²) in [6.45, 7) is 1.77. The van der Waals surface area contributed by atoms with Crippen LogP contribution in [0.25, 0.3) is 0 Å². The molecule has 0 aliphatic carbocycles. The van der Waals surface area contributed by atoms with Crippen molar-refractivity contribution in [3.8, 4) is 5.75 Å². The number of aromatic carboxylic acids is 1. The molecule has 0 aliphatic rings. The first-order valence-electron chi connectivity index (χ1n) is 6.35. The summed E-state index contributed by atoms with van der Waals surface area (Å²) in [7, 11) is -2.56. The minimum absolute atomic E-state index is 0.0994. The molecule has 0 aliphatic heterocycles. The van der Waals surface area contributed by atoms with Crippen LogP contribution < -0.4 is 9.46 Å². The van der Waals surface area contributed by atoms with Crippen molar-refractivity contribution in [1.29, 1.82) is 0 Å². The first-order valence-corrected chi connectivity index (χ1v) is 7.83. The van der Waals surface area contributed by atoms with Crippen molar-refractivity contribution < 1.29 is 23.1 Å². The van der Waals surface area contributed by atoms with Gasteiger partial charge in [-0.2, -0.15) is 0 Å². The molecule has 2 aromatic rings. The highest BCUT2D eigenvalue weighted by atomic mass is 32.2. The Morgan fingerprint density at radius 1 is 1.18 bits per heavy atom. The Morgan fingerprint density at radius 3 is 2.45 bits per heavy atom. The van der Waals surface area contributed by atoms with Crippen LogP contribution in [0.1, 0.15) is 15.9 Å². The van der Waals surface area contributed by atoms with Gasteiger partial charge in [-0.15, -0.1) is 0 Å². The van der Waals surface area contributed by atoms with E-state index in [9.17, 15) is 13.2 Å². The average molecular weight is 321 g/mol. The number of hydrogen-bond donors (Lipinski definition) is 2. The van der Waals surface area contributed by atoms with Crippen molar-refractivity contribution in [1.82, 2.24) is 0 Å². The lowest BCUT2D eigenvalue weighted by Crippen LogP contribution is -2.14. The van der Waals surface area contributed by atoms with Gasteiger partial charge in [0.15, 0.2) is 0 Å². The van der Waals surface area contributed by atoms with Gasteiger partial charge < -0.3 is 9.84 Å². The van der Waals surface area contributed by atoms with Crippen LogP contribution >= 0.6 is 0 Å². The minimum atomic E-state index is -3.89. The highest BCUT2D eigenvalue weighted by molar-refractivity contribution is 7.92. The Labute approximate surface area is 128 Å². The van der Waals surface area contributed by atoms with Gasteiger partial charge in [-0.05, 0) is 36.8 Å². The van der Waals surface area contributed by atoms with Gasteiger partial charge in [-0.1, -0.05) is 18.2 Å². The Morgan fingerprint density at radius 2 is 1.86 bits per heavy atom. The summed E-state index contributed by atoms with van der Waals surface area (Å²) in [4.78, 5) is 11.0. The summed E-state index contributed by atoms with van der Waals surface area (Å²) in [5.74, 6) is -1.16. The standard InChI is InChI=1S/C15H15NO5S/c1-10-5-3-4-6-13(10)16-22(19,20)11-7-8-14(21-2)12(9-11)15(17)18/h3-9,16H,1-2H3,(H,17,18). The van der Waals surface area contributed by atoms with Crippen molar-refractivity contribution >= 4 is 21.7 Å². The van der Waals surface area contributed by atoms with Crippen LogP contribution in [0.2, 0.25) is 0 Å². The number of anilines is 1. The van der Waals surface area contributed by atoms with E-state index in [0.717, 1.165) is 11.6 Å². The molecule has 0 unspecified atom stereocenters. The van der Waals surface area contributed by atoms with E-state index in [1.807, 2.05) is 0 Å². The third kappa shape index (κ3) is 3.20. The monoisotopic (exact) mass is 321 g/mol. The van der Waals surface area contributed by atoms with Crippen LogP contribution in [0.4, 0.5) is 5.69 Å². The zero-order chi connectivity index (χ0) is 16.3. The molecular formula is C15H15NO5S. The summed E-state index contributed by atoms with van der Waals surface area (Å²) in [6, 6.07) is 10.6. The van der Waals surface area contributed by atoms with Crippen molar-refractivity contribution in [2.24, 2.45) is 0 Å². The van der Waals surface area contributed by atoms with Gasteiger partial charge in [-0.25, -0.2) is 13.2 Å². The number of para-hydroxylation sites is 1. The number of hydrogen-bond acceptors (Lipinski definition) is 4. The van der Waals surface area contributed by atoms with Gasteiger partial charge in [0.1, 0.15) is 11.3 Å². The summed E-state index contributed by atoms with van der Waals surface area (Å²) in [5, 5.41) is 9.13. The molecule has 2 N–H and O–H groups in total. The number of sulfonamides is 1. The lowest BCUT2D eigenvalue weighted by Gasteiger charge is -2.12. The van der Waals surface area contributed by atoms with Gasteiger partial charge in [0.05, 0.1) is 17.7 Å². The maximum atomic E-state index is 12.4. The zero-order valence-electron chi connectivity index (χ0n) is 12.0. The van der Waals surface area contributed by atoms with E-state index < -0.39 is 16.0 Å². The predicted octanol–water partition coefficient (Wildman–Crippen LogP) is 2.50. The van der Waals surface area contributed by atoms with E-state index in [0.29, 0.717) is 5.69 Å². The third-order valence-corrected chi connectivity index (χ3v) is 4.46. The van der Waals surface area contributed by atoms with Gasteiger partial charge in [0.2, 0.25) is 0 Å². The second-order valence-corrected chi connectivity index (χ2v) is 6.27. The average Bonchev–Trinajstić information content (AvgIpc) is 2.48. The topological polar surface area (TPSA) is 92.7 Å². The molecule has 0 saturated carbocycles. The molecule has 7 heteroatoms. The Kier molecular flexibility index (Phi) is 4.37. The van der Waals surface area contributed by atoms with Crippen LogP contribution in [0, 0.1) is 6.92 Å². The fourth-order valence-electron chi connectivity index (χ4n) is 1.91. The molecule has 0 atom stereocenters. The van der Waals surface area contributed by atoms with E-state index in [1.165, 1.54) is 19.2 Å². The number of ether oxygens (including phenoxy) is 1. The summed E-state index contributed by atoms with van der Waals surface area (Å²) < 4.78 is 32.1. The third-order valence-electron chi connectivity index (χ3n) is 3.10. The number of methoxy groups -OCH3 is 1. The van der Waals surface area contributed by atoms with Crippen LogP contribution in [0.3, 0.4) is 0 Å². The van der Waals surface area contributed by atoms with Crippen molar-refractivity contribution in [2.75, 3.05) is 11.8 Å². The maximum Gasteiger partial charge on any atom is 0.339 e. The molecule has 2 aromatic carbocycles. The zero-order valence-corrected chi connectivity index (χ0v) is 12.8. The van der Waals surface area contributed by atoms with E-state index in [2.05, 4.69) is 4.72 Å². The molecule has 22 heavy (non-hydrogen) atoms. The molecule has 6 nitrogen and oxygen atoms in total. The van der Waals surface area contributed by atoms with E-state index in [4.69, 9.17) is 9.84 Å². The van der Waals surface area contributed by atoms with Gasteiger partial charge in [0, 0.05) is 0 Å². The normalized spacial score (nSPS) is 11.0. The molecule has 0 fully saturated rings. The highest BCUT2D eigenvalue weighted by Crippen LogP contribution is 2.25. The lowest BCUT2D eigenvalue weighted by atomic mass is 10.2. The number of rotatable bonds is 5. The van der Waals surface area contributed by atoms with Gasteiger partial charge in [-0.3, -0.25) is 4.72 Å². The molecule has 0 heterocycles. The number of nitrogens with one attached hydrogen (secondary N) is 1. The van der Waals surface area contributed by atoms with Crippen LogP contribution in [0.5, 0.6) is 5.75 Å². The molecule has 116 valence electrons. The molecule has 0 amide bonds. The summed E-state index contributed by atoms with van der Waals surface area (Å²) in [6.07, 6.45) is 0. The molecule has 0 spiro atoms. The second-order valence-electron chi connectivity index (χ2n) is 4.59. The second kappa shape index (κ2) is 6.07. The lowest BCUT2D eigenvalue weighted by molar-refractivity contribution is 0.0693. The fraction of sp³-hybridized carbons (Fsp3) is 0.133. The predicted molar refractivity (Wildman–Crippen MR) is 81.9 cm³/mol. The highest BCUT2D eigenvalue weighted by Gasteiger charge is 2.20. The fourth-order valence-corrected chi connectivity index (χ4v) is 3.07. The van der Waals surface area contributed by atoms with Crippen LogP contribution in [-0.4, -0.2) is 26.6 Å². The molecule has 2 rings (SSSR count). The Hall–Kier alpha value is -2.54. The summed E-state index contributed by atoms with van der Waals surface area (Å²) >= 11 is 0. The smallest absolute Gasteiger partial charge is 0.339 e. The Balaban J connectivity index is 2.44. The number of carboxylic acid groups (broad SMARTS) is 1. The van der Waals surface area contributed by atoms with E-state index >= 15 is 0 Å². The summed E-state index contributed by atoms with van der Waals surface area (Å²) in [5.41, 5.74) is 0.989. The van der Waals surface area contributed by atoms with Crippen molar-refractivity contribution in [2.45, 2.75) is 11.8 Å². The van der Waals surface area contributed by atoms with E-state index in [-0.39, 0.29) is 16.2 Å². The quantitative estimate of drug-likeness (QED) is 0.882. The molecule has 0 bridgehead atoms. The van der Waals surface area contributed by atoms with Gasteiger partial charge >= 0.3 is 5.97 Å². The number of carboxylic acids is 1. The minimum Gasteiger partial charge on any atom is -0.496 e. The first kappa shape index (κ1) is 15.8. The first-order chi connectivity index (χ1) is 10.3. The number of aryl methyl sites for hydroxylation is 1. The molecule has 0 saturated heterocycles.